The first kappa shape index (κ1) is 23.8. The average molecular weight is 446 g/mol. The van der Waals surface area contributed by atoms with E-state index >= 15 is 0 Å². The minimum atomic E-state index is -1.55. The zero-order valence-corrected chi connectivity index (χ0v) is 18.4. The Morgan fingerprint density at radius 2 is 1.81 bits per heavy atom. The molecule has 2 saturated heterocycles. The summed E-state index contributed by atoms with van der Waals surface area (Å²) in [6.07, 6.45) is 0.440. The molecule has 0 radical (unpaired) electrons. The van der Waals surface area contributed by atoms with Gasteiger partial charge in [-0.15, -0.1) is 0 Å². The molecule has 10 heteroatoms. The SMILES string of the molecule is COC1OC(C)(C)OC1C1C(COC(C)(C)OC)N1/C=C(\N)c1cc(F)c(F)c(F)c1. The van der Waals surface area contributed by atoms with E-state index in [1.54, 1.807) is 27.7 Å². The van der Waals surface area contributed by atoms with Gasteiger partial charge in [0, 0.05) is 26.0 Å². The van der Waals surface area contributed by atoms with Crippen molar-refractivity contribution in [3.05, 3.63) is 41.3 Å². The Labute approximate surface area is 179 Å². The van der Waals surface area contributed by atoms with Crippen molar-refractivity contribution in [1.82, 2.24) is 4.90 Å². The van der Waals surface area contributed by atoms with Gasteiger partial charge in [-0.2, -0.15) is 0 Å². The normalized spacial score (nSPS) is 28.3. The fourth-order valence-corrected chi connectivity index (χ4v) is 3.55. The Balaban J connectivity index is 1.85. The summed E-state index contributed by atoms with van der Waals surface area (Å²) in [5, 5.41) is 0. The summed E-state index contributed by atoms with van der Waals surface area (Å²) in [5.41, 5.74) is 6.15. The van der Waals surface area contributed by atoms with Crippen LogP contribution >= 0.6 is 0 Å². The van der Waals surface area contributed by atoms with Crippen LogP contribution in [0, 0.1) is 17.5 Å². The van der Waals surface area contributed by atoms with Crippen molar-refractivity contribution in [3.63, 3.8) is 0 Å². The predicted octanol–water partition coefficient (Wildman–Crippen LogP) is 2.94. The monoisotopic (exact) mass is 446 g/mol. The zero-order chi connectivity index (χ0) is 23.1. The maximum absolute atomic E-state index is 13.6. The lowest BCUT2D eigenvalue weighted by atomic mass is 10.1. The summed E-state index contributed by atoms with van der Waals surface area (Å²) >= 11 is 0. The fourth-order valence-electron chi connectivity index (χ4n) is 3.55. The van der Waals surface area contributed by atoms with Gasteiger partial charge in [-0.3, -0.25) is 0 Å². The average Bonchev–Trinajstić information content (AvgIpc) is 3.28. The Morgan fingerprint density at radius 1 is 1.19 bits per heavy atom. The van der Waals surface area contributed by atoms with Crippen molar-refractivity contribution in [2.24, 2.45) is 5.73 Å². The summed E-state index contributed by atoms with van der Waals surface area (Å²) in [7, 11) is 3.05. The third-order valence-corrected chi connectivity index (χ3v) is 5.39. The van der Waals surface area contributed by atoms with Crippen LogP contribution in [0.1, 0.15) is 33.3 Å². The van der Waals surface area contributed by atoms with Crippen LogP contribution in [-0.4, -0.2) is 61.8 Å². The predicted molar refractivity (Wildman–Crippen MR) is 106 cm³/mol. The van der Waals surface area contributed by atoms with Crippen molar-refractivity contribution in [3.8, 4) is 0 Å². The molecule has 0 spiro atoms. The Hall–Kier alpha value is -1.85. The highest BCUT2D eigenvalue weighted by Gasteiger charge is 2.59. The molecule has 31 heavy (non-hydrogen) atoms. The molecule has 7 nitrogen and oxygen atoms in total. The zero-order valence-electron chi connectivity index (χ0n) is 18.4. The minimum absolute atomic E-state index is 0.0196. The number of benzene rings is 1. The number of halogens is 3. The van der Waals surface area contributed by atoms with Gasteiger partial charge < -0.3 is 34.3 Å². The molecule has 1 aromatic rings. The van der Waals surface area contributed by atoms with Gasteiger partial charge in [-0.25, -0.2) is 13.2 Å². The highest BCUT2D eigenvalue weighted by molar-refractivity contribution is 5.63. The minimum Gasteiger partial charge on any atom is -0.397 e. The number of nitrogens with two attached hydrogens (primary N) is 1. The second kappa shape index (κ2) is 8.59. The van der Waals surface area contributed by atoms with Crippen molar-refractivity contribution >= 4 is 5.70 Å². The van der Waals surface area contributed by atoms with E-state index in [1.165, 1.54) is 20.4 Å². The summed E-state index contributed by atoms with van der Waals surface area (Å²) in [6, 6.07) is 1.26. The first-order chi connectivity index (χ1) is 14.4. The first-order valence-electron chi connectivity index (χ1n) is 9.86. The van der Waals surface area contributed by atoms with E-state index in [2.05, 4.69) is 0 Å². The molecule has 0 saturated carbocycles. The molecule has 0 aromatic heterocycles. The van der Waals surface area contributed by atoms with Gasteiger partial charge in [0.1, 0.15) is 6.10 Å². The molecule has 0 aliphatic carbocycles. The second-order valence-corrected chi connectivity index (χ2v) is 8.46. The fraction of sp³-hybridized carbons (Fsp3) is 0.619. The highest BCUT2D eigenvalue weighted by Crippen LogP contribution is 2.42. The number of rotatable bonds is 8. The second-order valence-electron chi connectivity index (χ2n) is 8.46. The van der Waals surface area contributed by atoms with Crippen molar-refractivity contribution in [2.45, 2.75) is 63.7 Å². The smallest absolute Gasteiger partial charge is 0.194 e. The molecule has 4 unspecified atom stereocenters. The van der Waals surface area contributed by atoms with Crippen LogP contribution in [0.3, 0.4) is 0 Å². The molecule has 2 aliphatic heterocycles. The molecule has 2 heterocycles. The third kappa shape index (κ3) is 5.15. The molecule has 3 rings (SSSR count). The van der Waals surface area contributed by atoms with Crippen molar-refractivity contribution in [1.29, 1.82) is 0 Å². The summed E-state index contributed by atoms with van der Waals surface area (Å²) in [4.78, 5) is 1.84. The largest absolute Gasteiger partial charge is 0.397 e. The maximum atomic E-state index is 13.6. The van der Waals surface area contributed by atoms with Gasteiger partial charge in [0.2, 0.25) is 0 Å². The van der Waals surface area contributed by atoms with Crippen LogP contribution in [0.2, 0.25) is 0 Å². The molecular weight excluding hydrogens is 417 g/mol. The molecule has 4 atom stereocenters. The highest BCUT2D eigenvalue weighted by atomic mass is 19.2. The van der Waals surface area contributed by atoms with Gasteiger partial charge in [0.05, 0.1) is 24.4 Å². The molecular formula is C21H29F3N2O5. The molecule has 174 valence electrons. The molecule has 2 fully saturated rings. The van der Waals surface area contributed by atoms with E-state index in [9.17, 15) is 13.2 Å². The lowest BCUT2D eigenvalue weighted by Crippen LogP contribution is -2.33. The molecule has 2 N–H and O–H groups in total. The van der Waals surface area contributed by atoms with E-state index in [-0.39, 0.29) is 30.0 Å². The topological polar surface area (TPSA) is 75.2 Å². The van der Waals surface area contributed by atoms with E-state index in [0.29, 0.717) is 0 Å². The molecule has 1 aromatic carbocycles. The summed E-state index contributed by atoms with van der Waals surface area (Å²) < 4.78 is 68.9. The van der Waals surface area contributed by atoms with Crippen molar-refractivity contribution in [2.75, 3.05) is 20.8 Å². The summed E-state index contributed by atoms with van der Waals surface area (Å²) in [6.45, 7) is 7.37. The molecule has 0 amide bonds. The van der Waals surface area contributed by atoms with Crippen molar-refractivity contribution < 1.29 is 36.9 Å². The number of hydrogen-bond acceptors (Lipinski definition) is 7. The molecule has 2 aliphatic rings. The Kier molecular flexibility index (Phi) is 6.60. The summed E-state index contributed by atoms with van der Waals surface area (Å²) in [5.74, 6) is -5.84. The Bertz CT molecular complexity index is 825. The van der Waals surface area contributed by atoms with Crippen LogP contribution in [0.25, 0.3) is 5.70 Å². The van der Waals surface area contributed by atoms with Gasteiger partial charge in [0.25, 0.3) is 0 Å². The van der Waals surface area contributed by atoms with Crippen LogP contribution < -0.4 is 5.73 Å². The van der Waals surface area contributed by atoms with Crippen LogP contribution in [0.15, 0.2) is 18.3 Å². The Morgan fingerprint density at radius 3 is 2.35 bits per heavy atom. The van der Waals surface area contributed by atoms with E-state index < -0.39 is 41.4 Å². The number of methoxy groups -OCH3 is 2. The van der Waals surface area contributed by atoms with E-state index in [1.807, 2.05) is 4.90 Å². The van der Waals surface area contributed by atoms with E-state index in [0.717, 1.165) is 12.1 Å². The van der Waals surface area contributed by atoms with Gasteiger partial charge in [-0.1, -0.05) is 0 Å². The number of hydrogen-bond donors (Lipinski definition) is 1. The lowest BCUT2D eigenvalue weighted by Gasteiger charge is -2.23. The van der Waals surface area contributed by atoms with Crippen LogP contribution in [0.4, 0.5) is 13.2 Å². The van der Waals surface area contributed by atoms with Crippen LogP contribution in [0.5, 0.6) is 0 Å². The van der Waals surface area contributed by atoms with Gasteiger partial charge in [-0.05, 0) is 39.8 Å². The lowest BCUT2D eigenvalue weighted by molar-refractivity contribution is -0.197. The van der Waals surface area contributed by atoms with Gasteiger partial charge in [0.15, 0.2) is 35.3 Å². The molecule has 0 bridgehead atoms. The van der Waals surface area contributed by atoms with Gasteiger partial charge >= 0.3 is 0 Å². The number of nitrogens with zero attached hydrogens (tertiary/aromatic N) is 1. The standard InChI is InChI=1S/C21H29F3N2O5/c1-20(2,28-6)29-10-15-17(18-19(27-5)31-21(3,4)30-18)26(15)9-14(25)11-7-12(22)16(24)13(23)8-11/h7-9,15,17-19H,10,25H2,1-6H3/b14-9-. The third-order valence-electron chi connectivity index (χ3n) is 5.39. The number of ether oxygens (including phenoxy) is 5. The maximum Gasteiger partial charge on any atom is 0.194 e. The van der Waals surface area contributed by atoms with Crippen LogP contribution in [-0.2, 0) is 23.7 Å². The quantitative estimate of drug-likeness (QED) is 0.374. The van der Waals surface area contributed by atoms with E-state index in [4.69, 9.17) is 29.4 Å². The first-order valence-corrected chi connectivity index (χ1v) is 9.86.